The fraction of sp³-hybridized carbons (Fsp3) is 0.222. The molecule has 6 nitrogen and oxygen atoms in total. The smallest absolute Gasteiger partial charge is 0.264 e. The topological polar surface area (TPSA) is 79.0 Å². The number of hydrogen-bond donors (Lipinski definition) is 3. The van der Waals surface area contributed by atoms with Gasteiger partial charge in [0.1, 0.15) is 11.6 Å². The predicted molar refractivity (Wildman–Crippen MR) is 146 cm³/mol. The highest BCUT2D eigenvalue weighted by molar-refractivity contribution is 7.80. The molecule has 1 heterocycles. The highest BCUT2D eigenvalue weighted by Gasteiger charge is 2.12. The number of nitrogens with one attached hydrogen (secondary N) is 3. The standard InChI is InChI=1S/C27H27ClN4O2S/c1-15(2)20-10-5-16(3)11-24(20)34-14-25(33)32-27(35)29-19-8-6-18(7-9-19)26-30-22-12-17(4)21(28)13-23(22)31-26/h5-13,15H,14H2,1-4H3,(H,30,31)(H2,29,32,33,35). The van der Waals surface area contributed by atoms with Gasteiger partial charge in [-0.1, -0.05) is 37.6 Å². The van der Waals surface area contributed by atoms with Gasteiger partial charge in [0.15, 0.2) is 11.7 Å². The lowest BCUT2D eigenvalue weighted by molar-refractivity contribution is -0.121. The minimum absolute atomic E-state index is 0.126. The van der Waals surface area contributed by atoms with E-state index in [2.05, 4.69) is 34.4 Å². The summed E-state index contributed by atoms with van der Waals surface area (Å²) in [6, 6.07) is 17.4. The van der Waals surface area contributed by atoms with Gasteiger partial charge in [-0.2, -0.15) is 0 Å². The summed E-state index contributed by atoms with van der Waals surface area (Å²) >= 11 is 11.5. The summed E-state index contributed by atoms with van der Waals surface area (Å²) < 4.78 is 5.78. The van der Waals surface area contributed by atoms with E-state index in [1.165, 1.54) is 0 Å². The van der Waals surface area contributed by atoms with Gasteiger partial charge in [0.25, 0.3) is 5.91 Å². The molecule has 1 aromatic heterocycles. The van der Waals surface area contributed by atoms with Crippen LogP contribution in [0, 0.1) is 13.8 Å². The number of imidazole rings is 1. The molecule has 0 spiro atoms. The van der Waals surface area contributed by atoms with E-state index in [0.717, 1.165) is 44.8 Å². The second-order valence-electron chi connectivity index (χ2n) is 8.77. The van der Waals surface area contributed by atoms with Crippen molar-refractivity contribution < 1.29 is 9.53 Å². The Kier molecular flexibility index (Phi) is 7.38. The highest BCUT2D eigenvalue weighted by Crippen LogP contribution is 2.28. The quantitative estimate of drug-likeness (QED) is 0.259. The number of aryl methyl sites for hydroxylation is 2. The molecule has 4 rings (SSSR count). The summed E-state index contributed by atoms with van der Waals surface area (Å²) in [5, 5.41) is 6.58. The summed E-state index contributed by atoms with van der Waals surface area (Å²) in [5.41, 5.74) is 6.54. The first kappa shape index (κ1) is 24.7. The number of carbonyl (C=O) groups is 1. The van der Waals surface area contributed by atoms with Crippen LogP contribution in [0.2, 0.25) is 5.02 Å². The maximum Gasteiger partial charge on any atom is 0.264 e. The molecule has 3 aromatic carbocycles. The second kappa shape index (κ2) is 10.5. The predicted octanol–water partition coefficient (Wildman–Crippen LogP) is 6.52. The molecule has 0 saturated heterocycles. The van der Waals surface area contributed by atoms with Crippen molar-refractivity contribution in [1.82, 2.24) is 15.3 Å². The molecular formula is C27H27ClN4O2S. The molecule has 0 atom stereocenters. The van der Waals surface area contributed by atoms with E-state index < -0.39 is 0 Å². The number of H-pyrrole nitrogens is 1. The number of rotatable bonds is 6. The normalized spacial score (nSPS) is 11.0. The number of amides is 1. The lowest BCUT2D eigenvalue weighted by Crippen LogP contribution is -2.37. The number of nitrogens with zero attached hydrogens (tertiary/aromatic N) is 1. The number of ether oxygens (including phenoxy) is 1. The molecule has 0 fully saturated rings. The fourth-order valence-electron chi connectivity index (χ4n) is 3.70. The van der Waals surface area contributed by atoms with Gasteiger partial charge in [0.2, 0.25) is 0 Å². The third-order valence-electron chi connectivity index (χ3n) is 5.58. The van der Waals surface area contributed by atoms with Crippen molar-refractivity contribution in [3.8, 4) is 17.1 Å². The molecule has 8 heteroatoms. The van der Waals surface area contributed by atoms with Gasteiger partial charge in [0.05, 0.1) is 11.0 Å². The minimum atomic E-state index is -0.327. The number of fused-ring (bicyclic) bond motifs is 1. The van der Waals surface area contributed by atoms with Crippen LogP contribution in [0.15, 0.2) is 54.6 Å². The Morgan fingerprint density at radius 3 is 2.57 bits per heavy atom. The van der Waals surface area contributed by atoms with Gasteiger partial charge in [-0.05, 0) is 91.1 Å². The van der Waals surface area contributed by atoms with Crippen LogP contribution in [0.5, 0.6) is 5.75 Å². The van der Waals surface area contributed by atoms with E-state index in [0.29, 0.717) is 16.7 Å². The Bertz CT molecular complexity index is 1360. The van der Waals surface area contributed by atoms with Crippen molar-refractivity contribution in [2.75, 3.05) is 11.9 Å². The van der Waals surface area contributed by atoms with E-state index in [9.17, 15) is 4.79 Å². The Labute approximate surface area is 215 Å². The van der Waals surface area contributed by atoms with Gasteiger partial charge in [-0.15, -0.1) is 0 Å². The molecule has 3 N–H and O–H groups in total. The highest BCUT2D eigenvalue weighted by atomic mass is 35.5. The van der Waals surface area contributed by atoms with Crippen LogP contribution in [0.3, 0.4) is 0 Å². The zero-order valence-electron chi connectivity index (χ0n) is 20.0. The number of thiocarbonyl (C=S) groups is 1. The van der Waals surface area contributed by atoms with Crippen LogP contribution in [0.1, 0.15) is 36.5 Å². The molecule has 4 aromatic rings. The Balaban J connectivity index is 1.34. The molecule has 1 amide bonds. The summed E-state index contributed by atoms with van der Waals surface area (Å²) in [4.78, 5) is 20.3. The summed E-state index contributed by atoms with van der Waals surface area (Å²) in [6.07, 6.45) is 0. The van der Waals surface area contributed by atoms with Crippen molar-refractivity contribution in [1.29, 1.82) is 0 Å². The van der Waals surface area contributed by atoms with Gasteiger partial charge >= 0.3 is 0 Å². The summed E-state index contributed by atoms with van der Waals surface area (Å²) in [6.45, 7) is 8.01. The van der Waals surface area contributed by atoms with Crippen LogP contribution < -0.4 is 15.4 Å². The van der Waals surface area contributed by atoms with Gasteiger partial charge in [-0.25, -0.2) is 4.98 Å². The molecule has 0 bridgehead atoms. The van der Waals surface area contributed by atoms with Gasteiger partial charge in [-0.3, -0.25) is 10.1 Å². The third kappa shape index (κ3) is 5.99. The van der Waals surface area contributed by atoms with Crippen LogP contribution in [-0.4, -0.2) is 27.6 Å². The van der Waals surface area contributed by atoms with E-state index in [4.69, 9.17) is 28.6 Å². The average molecular weight is 507 g/mol. The van der Waals surface area contributed by atoms with E-state index in [1.807, 2.05) is 68.4 Å². The number of anilines is 1. The number of aromatic amines is 1. The first-order chi connectivity index (χ1) is 16.7. The van der Waals surface area contributed by atoms with Crippen LogP contribution >= 0.6 is 23.8 Å². The number of benzene rings is 3. The third-order valence-corrected chi connectivity index (χ3v) is 6.19. The zero-order valence-corrected chi connectivity index (χ0v) is 21.6. The Hall–Kier alpha value is -3.42. The average Bonchev–Trinajstić information content (AvgIpc) is 3.20. The van der Waals surface area contributed by atoms with Crippen LogP contribution in [0.25, 0.3) is 22.4 Å². The molecular weight excluding hydrogens is 480 g/mol. The number of aromatic nitrogens is 2. The van der Waals surface area contributed by atoms with Crippen molar-refractivity contribution >= 4 is 51.6 Å². The fourth-order valence-corrected chi connectivity index (χ4v) is 4.09. The Morgan fingerprint density at radius 2 is 1.86 bits per heavy atom. The molecule has 0 unspecified atom stereocenters. The number of halogens is 1. The molecule has 0 aliphatic carbocycles. The first-order valence-corrected chi connectivity index (χ1v) is 12.1. The summed E-state index contributed by atoms with van der Waals surface area (Å²) in [5.74, 6) is 1.43. The minimum Gasteiger partial charge on any atom is -0.483 e. The molecule has 0 saturated carbocycles. The largest absolute Gasteiger partial charge is 0.483 e. The van der Waals surface area contributed by atoms with Gasteiger partial charge < -0.3 is 15.0 Å². The second-order valence-corrected chi connectivity index (χ2v) is 9.58. The maximum absolute atomic E-state index is 12.4. The Morgan fingerprint density at radius 1 is 1.11 bits per heavy atom. The van der Waals surface area contributed by atoms with E-state index in [1.54, 1.807) is 0 Å². The number of hydrogen-bond acceptors (Lipinski definition) is 4. The van der Waals surface area contributed by atoms with Gasteiger partial charge in [0, 0.05) is 16.3 Å². The van der Waals surface area contributed by atoms with Crippen molar-refractivity contribution in [2.45, 2.75) is 33.6 Å². The SMILES string of the molecule is Cc1ccc(C(C)C)c(OCC(=O)NC(=S)Nc2ccc(-c3nc4cc(Cl)c(C)cc4[nH]3)cc2)c1. The lowest BCUT2D eigenvalue weighted by Gasteiger charge is -2.15. The molecule has 0 radical (unpaired) electrons. The van der Waals surface area contributed by atoms with Crippen molar-refractivity contribution in [2.24, 2.45) is 0 Å². The number of carbonyl (C=O) groups excluding carboxylic acids is 1. The van der Waals surface area contributed by atoms with Crippen LogP contribution in [-0.2, 0) is 4.79 Å². The maximum atomic E-state index is 12.4. The van der Waals surface area contributed by atoms with Crippen LogP contribution in [0.4, 0.5) is 5.69 Å². The molecule has 0 aliphatic heterocycles. The molecule has 180 valence electrons. The van der Waals surface area contributed by atoms with Crippen molar-refractivity contribution in [3.63, 3.8) is 0 Å². The monoisotopic (exact) mass is 506 g/mol. The zero-order chi connectivity index (χ0) is 25.1. The first-order valence-electron chi connectivity index (χ1n) is 11.3. The van der Waals surface area contributed by atoms with Crippen molar-refractivity contribution in [3.05, 3.63) is 76.3 Å². The molecule has 0 aliphatic rings. The lowest BCUT2D eigenvalue weighted by atomic mass is 10.0. The van der Waals surface area contributed by atoms with E-state index in [-0.39, 0.29) is 17.6 Å². The molecule has 35 heavy (non-hydrogen) atoms. The van der Waals surface area contributed by atoms with E-state index >= 15 is 0 Å². The summed E-state index contributed by atoms with van der Waals surface area (Å²) in [7, 11) is 0.